The third-order valence-electron chi connectivity index (χ3n) is 7.15. The Balaban J connectivity index is 0.00000264. The van der Waals surface area contributed by atoms with E-state index in [0.717, 1.165) is 33.9 Å². The Morgan fingerprint density at radius 2 is 1.08 bits per heavy atom. The van der Waals surface area contributed by atoms with E-state index in [2.05, 4.69) is 94.9 Å². The Morgan fingerprint density at radius 1 is 0.500 bits per heavy atom. The maximum Gasteiger partial charge on any atom is 0.0890 e. The molecule has 3 heterocycles. The van der Waals surface area contributed by atoms with Crippen LogP contribution in [0.3, 0.4) is 0 Å². The van der Waals surface area contributed by atoms with Crippen molar-refractivity contribution in [2.75, 3.05) is 0 Å². The van der Waals surface area contributed by atoms with Crippen LogP contribution in [-0.2, 0) is 26.5 Å². The molecular weight excluding hydrogens is 645 g/mol. The monoisotopic (exact) mass is 667 g/mol. The molecule has 1 aliphatic rings. The molecule has 0 saturated heterocycles. The van der Waals surface area contributed by atoms with Gasteiger partial charge in [-0.3, -0.25) is 4.98 Å². The van der Waals surface area contributed by atoms with Gasteiger partial charge in [0, 0.05) is 33.5 Å². The van der Waals surface area contributed by atoms with E-state index < -0.39 is 5.41 Å². The van der Waals surface area contributed by atoms with Gasteiger partial charge in [-0.2, -0.15) is 0 Å². The number of pyridine rings is 3. The first-order valence-corrected chi connectivity index (χ1v) is 12.4. The molecule has 1 aliphatic carbocycles. The third kappa shape index (κ3) is 3.74. The standard InChI is InChI=1S/C34H22N3.Pt/c1-3-15-28-26(13-1)27-14-2-4-16-29(27)34(28,25-12-9-11-24(23-25)30-17-5-7-21-35-30)33-20-10-19-32(37-33)31-18-6-8-22-36-31;/h1-22H;/q-1;. The van der Waals surface area contributed by atoms with E-state index in [4.69, 9.17) is 4.98 Å². The summed E-state index contributed by atoms with van der Waals surface area (Å²) in [5.74, 6) is 0. The topological polar surface area (TPSA) is 38.7 Å². The molecule has 7 rings (SSSR count). The number of aromatic nitrogens is 3. The fraction of sp³-hybridized carbons (Fsp3) is 0.0294. The smallest absolute Gasteiger partial charge is 0.0890 e. The molecule has 3 nitrogen and oxygen atoms in total. The molecule has 0 N–H and O–H groups in total. The first-order valence-electron chi connectivity index (χ1n) is 12.4. The summed E-state index contributed by atoms with van der Waals surface area (Å²) in [6.45, 7) is 0. The number of benzene rings is 3. The predicted octanol–water partition coefficient (Wildman–Crippen LogP) is 7.37. The summed E-state index contributed by atoms with van der Waals surface area (Å²) in [5, 5.41) is 0. The van der Waals surface area contributed by atoms with Crippen LogP contribution in [0.2, 0.25) is 0 Å². The van der Waals surface area contributed by atoms with E-state index in [0.29, 0.717) is 0 Å². The summed E-state index contributed by atoms with van der Waals surface area (Å²) in [7, 11) is 0. The Bertz CT molecular complexity index is 1600. The number of hydrogen-bond donors (Lipinski definition) is 0. The van der Waals surface area contributed by atoms with Gasteiger partial charge in [0.2, 0.25) is 0 Å². The molecule has 6 aromatic rings. The van der Waals surface area contributed by atoms with Crippen LogP contribution in [0, 0.1) is 6.07 Å². The molecule has 184 valence electrons. The van der Waals surface area contributed by atoms with Crippen LogP contribution < -0.4 is 0 Å². The molecule has 0 bridgehead atoms. The van der Waals surface area contributed by atoms with Crippen molar-refractivity contribution in [1.29, 1.82) is 0 Å². The Morgan fingerprint density at radius 3 is 1.74 bits per heavy atom. The van der Waals surface area contributed by atoms with Gasteiger partial charge in [-0.25, -0.2) is 4.98 Å². The molecule has 0 atom stereocenters. The molecule has 38 heavy (non-hydrogen) atoms. The van der Waals surface area contributed by atoms with Gasteiger partial charge in [-0.15, -0.1) is 35.4 Å². The summed E-state index contributed by atoms with van der Waals surface area (Å²) < 4.78 is 0. The molecule has 0 fully saturated rings. The molecule has 4 heteroatoms. The number of fused-ring (bicyclic) bond motifs is 3. The minimum absolute atomic E-state index is 0. The summed E-state index contributed by atoms with van der Waals surface area (Å²) in [4.78, 5) is 14.5. The number of rotatable bonds is 4. The SMILES string of the molecule is [Pt].[c-]1c(-c2ccccn2)cccc1C1(c2cccc(-c3ccccn3)n2)c2ccccc2-c2ccccc21. The molecule has 3 aromatic carbocycles. The third-order valence-corrected chi connectivity index (χ3v) is 7.15. The van der Waals surface area contributed by atoms with Crippen molar-refractivity contribution >= 4 is 0 Å². The quantitative estimate of drug-likeness (QED) is 0.184. The van der Waals surface area contributed by atoms with Crippen molar-refractivity contribution in [2.45, 2.75) is 5.41 Å². The average molecular weight is 668 g/mol. The van der Waals surface area contributed by atoms with Gasteiger partial charge in [-0.05, 0) is 58.3 Å². The van der Waals surface area contributed by atoms with E-state index in [-0.39, 0.29) is 21.1 Å². The van der Waals surface area contributed by atoms with Crippen molar-refractivity contribution < 1.29 is 21.1 Å². The van der Waals surface area contributed by atoms with Gasteiger partial charge < -0.3 is 4.98 Å². The Kier molecular flexibility index (Phi) is 6.31. The van der Waals surface area contributed by atoms with E-state index in [1.807, 2.05) is 54.9 Å². The molecular formula is C34H22N3Pt-. The van der Waals surface area contributed by atoms with Gasteiger partial charge in [-0.1, -0.05) is 72.8 Å². The minimum atomic E-state index is -0.636. The number of hydrogen-bond acceptors (Lipinski definition) is 3. The van der Waals surface area contributed by atoms with Gasteiger partial charge in [0.1, 0.15) is 0 Å². The van der Waals surface area contributed by atoms with Gasteiger partial charge in [0.15, 0.2) is 0 Å². The first-order chi connectivity index (χ1) is 18.4. The van der Waals surface area contributed by atoms with Crippen LogP contribution in [-0.4, -0.2) is 15.0 Å². The maximum absolute atomic E-state index is 5.28. The first kappa shape index (κ1) is 24.2. The normalized spacial score (nSPS) is 12.7. The Labute approximate surface area is 236 Å². The van der Waals surface area contributed by atoms with Crippen molar-refractivity contribution in [3.05, 3.63) is 162 Å². The molecule has 0 saturated carbocycles. The van der Waals surface area contributed by atoms with Crippen molar-refractivity contribution in [3.63, 3.8) is 0 Å². The van der Waals surface area contributed by atoms with Crippen LogP contribution in [0.1, 0.15) is 22.4 Å². The molecule has 0 amide bonds. The Hall–Kier alpha value is -4.20. The molecule has 0 unspecified atom stereocenters. The van der Waals surface area contributed by atoms with E-state index in [1.54, 1.807) is 0 Å². The van der Waals surface area contributed by atoms with Crippen molar-refractivity contribution in [3.8, 4) is 33.8 Å². The maximum atomic E-state index is 5.28. The van der Waals surface area contributed by atoms with Gasteiger partial charge in [0.25, 0.3) is 0 Å². The second-order valence-corrected chi connectivity index (χ2v) is 9.16. The summed E-state index contributed by atoms with van der Waals surface area (Å²) in [6, 6.07) is 45.6. The fourth-order valence-electron chi connectivity index (χ4n) is 5.60. The van der Waals surface area contributed by atoms with Crippen LogP contribution in [0.4, 0.5) is 0 Å². The van der Waals surface area contributed by atoms with E-state index in [1.165, 1.54) is 22.3 Å². The van der Waals surface area contributed by atoms with Crippen molar-refractivity contribution in [2.24, 2.45) is 0 Å². The summed E-state index contributed by atoms with van der Waals surface area (Å²) in [5.41, 5.74) is 9.76. The van der Waals surface area contributed by atoms with Gasteiger partial charge >= 0.3 is 0 Å². The molecule has 0 spiro atoms. The predicted molar refractivity (Wildman–Crippen MR) is 147 cm³/mol. The zero-order valence-corrected chi connectivity index (χ0v) is 22.6. The number of nitrogens with zero attached hydrogens (tertiary/aromatic N) is 3. The second kappa shape index (κ2) is 9.93. The van der Waals surface area contributed by atoms with Crippen LogP contribution in [0.5, 0.6) is 0 Å². The summed E-state index contributed by atoms with van der Waals surface area (Å²) in [6.07, 6.45) is 3.63. The molecule has 3 aromatic heterocycles. The zero-order valence-electron chi connectivity index (χ0n) is 20.4. The van der Waals surface area contributed by atoms with Crippen LogP contribution in [0.15, 0.2) is 134 Å². The van der Waals surface area contributed by atoms with E-state index in [9.17, 15) is 0 Å². The van der Waals surface area contributed by atoms with Crippen LogP contribution >= 0.6 is 0 Å². The van der Waals surface area contributed by atoms with E-state index >= 15 is 0 Å². The minimum Gasteiger partial charge on any atom is -0.305 e. The molecule has 0 radical (unpaired) electrons. The zero-order chi connectivity index (χ0) is 24.7. The van der Waals surface area contributed by atoms with Gasteiger partial charge in [0.05, 0.1) is 22.5 Å². The summed E-state index contributed by atoms with van der Waals surface area (Å²) >= 11 is 0. The fourth-order valence-corrected chi connectivity index (χ4v) is 5.60. The second-order valence-electron chi connectivity index (χ2n) is 9.16. The molecule has 0 aliphatic heterocycles. The van der Waals surface area contributed by atoms with Crippen LogP contribution in [0.25, 0.3) is 33.8 Å². The largest absolute Gasteiger partial charge is 0.305 e. The van der Waals surface area contributed by atoms with Crippen molar-refractivity contribution in [1.82, 2.24) is 15.0 Å². The average Bonchev–Trinajstić information content (AvgIpc) is 3.30.